The molecule has 0 bridgehead atoms. The number of aromatic carboxylic acids is 1. The third-order valence-electron chi connectivity index (χ3n) is 1.54. The number of hydrogen-bond acceptors (Lipinski definition) is 4. The van der Waals surface area contributed by atoms with Crippen LogP contribution in [0.15, 0.2) is 24.3 Å². The summed E-state index contributed by atoms with van der Waals surface area (Å²) in [6.07, 6.45) is 0. The standard InChI is InChI=1S/C9H8O4.Co/c1-13-9(12)7-4-2-6(3-5-7)8(10)11;/h2-5H,1H3,(H,10,11);/q;+2/p-1. The van der Waals surface area contributed by atoms with Gasteiger partial charge in [0.15, 0.2) is 0 Å². The van der Waals surface area contributed by atoms with Gasteiger partial charge < -0.3 is 14.6 Å². The number of carbonyl (C=O) groups is 2. The van der Waals surface area contributed by atoms with Gasteiger partial charge in [0, 0.05) is 0 Å². The van der Waals surface area contributed by atoms with Crippen LogP contribution in [-0.2, 0) is 21.5 Å². The molecule has 14 heavy (non-hydrogen) atoms. The van der Waals surface area contributed by atoms with Gasteiger partial charge in [-0.3, -0.25) is 0 Å². The van der Waals surface area contributed by atoms with E-state index in [-0.39, 0.29) is 22.3 Å². The van der Waals surface area contributed by atoms with Crippen molar-refractivity contribution in [1.82, 2.24) is 0 Å². The van der Waals surface area contributed by atoms with Crippen LogP contribution in [-0.4, -0.2) is 19.0 Å². The zero-order valence-corrected chi connectivity index (χ0v) is 8.32. The van der Waals surface area contributed by atoms with Crippen LogP contribution in [0.3, 0.4) is 0 Å². The Labute approximate surface area is 91.1 Å². The molecule has 0 heterocycles. The van der Waals surface area contributed by atoms with E-state index < -0.39 is 11.9 Å². The molecule has 1 aromatic carbocycles. The molecule has 0 aliphatic carbocycles. The zero-order chi connectivity index (χ0) is 9.84. The van der Waals surface area contributed by atoms with Crippen molar-refractivity contribution < 1.29 is 36.2 Å². The Hall–Kier alpha value is -1.33. The Bertz CT molecular complexity index is 331. The van der Waals surface area contributed by atoms with Crippen LogP contribution in [0.4, 0.5) is 0 Å². The fourth-order valence-electron chi connectivity index (χ4n) is 0.860. The summed E-state index contributed by atoms with van der Waals surface area (Å²) in [7, 11) is 1.26. The first-order valence-electron chi connectivity index (χ1n) is 3.55. The molecule has 1 rings (SSSR count). The third-order valence-corrected chi connectivity index (χ3v) is 1.54. The molecule has 1 aromatic rings. The fourth-order valence-corrected chi connectivity index (χ4v) is 0.860. The molecule has 0 N–H and O–H groups in total. The summed E-state index contributed by atoms with van der Waals surface area (Å²) in [4.78, 5) is 21.2. The third kappa shape index (κ3) is 2.86. The average molecular weight is 238 g/mol. The second kappa shape index (κ2) is 5.41. The monoisotopic (exact) mass is 238 g/mol. The van der Waals surface area contributed by atoms with Gasteiger partial charge in [-0.2, -0.15) is 0 Å². The summed E-state index contributed by atoms with van der Waals surface area (Å²) in [5.41, 5.74) is 0.347. The molecule has 0 atom stereocenters. The average Bonchev–Trinajstić information content (AvgIpc) is 2.17. The van der Waals surface area contributed by atoms with E-state index >= 15 is 0 Å². The Balaban J connectivity index is 0.00000169. The maximum atomic E-state index is 10.9. The van der Waals surface area contributed by atoms with E-state index in [1.807, 2.05) is 0 Å². The van der Waals surface area contributed by atoms with E-state index in [1.165, 1.54) is 31.4 Å². The predicted molar refractivity (Wildman–Crippen MR) is 42.1 cm³/mol. The normalized spacial score (nSPS) is 8.64. The van der Waals surface area contributed by atoms with Crippen molar-refractivity contribution in [2.24, 2.45) is 0 Å². The van der Waals surface area contributed by atoms with Crippen LogP contribution < -0.4 is 5.11 Å². The number of esters is 1. The van der Waals surface area contributed by atoms with Crippen molar-refractivity contribution in [3.8, 4) is 0 Å². The van der Waals surface area contributed by atoms with Crippen molar-refractivity contribution >= 4 is 11.9 Å². The Morgan fingerprint density at radius 2 is 1.57 bits per heavy atom. The van der Waals surface area contributed by atoms with Gasteiger partial charge in [-0.1, -0.05) is 12.1 Å². The SMILES string of the molecule is COC(=O)c1ccc(C(=O)[O-])cc1.[Co+2]. The number of carboxylic acid groups (broad SMARTS) is 1. The molecule has 4 nitrogen and oxygen atoms in total. The van der Waals surface area contributed by atoms with E-state index in [4.69, 9.17) is 0 Å². The van der Waals surface area contributed by atoms with E-state index in [0.29, 0.717) is 5.56 Å². The summed E-state index contributed by atoms with van der Waals surface area (Å²) in [5.74, 6) is -1.76. The number of carbonyl (C=O) groups excluding carboxylic acids is 2. The van der Waals surface area contributed by atoms with Gasteiger partial charge in [-0.15, -0.1) is 0 Å². The van der Waals surface area contributed by atoms with Crippen molar-refractivity contribution in [1.29, 1.82) is 0 Å². The van der Waals surface area contributed by atoms with Crippen LogP contribution in [0.2, 0.25) is 0 Å². The van der Waals surface area contributed by atoms with Gasteiger partial charge in [-0.05, 0) is 17.7 Å². The van der Waals surface area contributed by atoms with Crippen molar-refractivity contribution in [2.45, 2.75) is 0 Å². The summed E-state index contributed by atoms with van der Waals surface area (Å²) >= 11 is 0. The summed E-state index contributed by atoms with van der Waals surface area (Å²) in [6, 6.07) is 5.33. The molecule has 0 aromatic heterocycles. The van der Waals surface area contributed by atoms with E-state index in [1.54, 1.807) is 0 Å². The Morgan fingerprint density at radius 3 is 1.93 bits per heavy atom. The molecular weight excluding hydrogens is 231 g/mol. The smallest absolute Gasteiger partial charge is 0.545 e. The minimum absolute atomic E-state index is 0. The van der Waals surface area contributed by atoms with Crippen LogP contribution in [0.5, 0.6) is 0 Å². The first kappa shape index (κ1) is 12.7. The van der Waals surface area contributed by atoms with Crippen molar-refractivity contribution in [2.75, 3.05) is 7.11 Å². The molecule has 1 radical (unpaired) electrons. The summed E-state index contributed by atoms with van der Waals surface area (Å²) in [5, 5.41) is 10.3. The Kier molecular flexibility index (Phi) is 4.89. The number of benzene rings is 1. The molecule has 0 fully saturated rings. The number of carboxylic acids is 1. The molecule has 0 saturated carbocycles. The molecule has 0 aliphatic rings. The summed E-state index contributed by atoms with van der Waals surface area (Å²) in [6.45, 7) is 0. The van der Waals surface area contributed by atoms with Crippen molar-refractivity contribution in [3.63, 3.8) is 0 Å². The van der Waals surface area contributed by atoms with Gasteiger partial charge in [0.25, 0.3) is 0 Å². The number of hydrogen-bond donors (Lipinski definition) is 0. The van der Waals surface area contributed by atoms with Crippen LogP contribution in [0.25, 0.3) is 0 Å². The number of methoxy groups -OCH3 is 1. The predicted octanol–water partition coefficient (Wildman–Crippen LogP) is -0.166. The first-order chi connectivity index (χ1) is 6.15. The van der Waals surface area contributed by atoms with Crippen molar-refractivity contribution in [3.05, 3.63) is 35.4 Å². The van der Waals surface area contributed by atoms with Crippen LogP contribution in [0.1, 0.15) is 20.7 Å². The van der Waals surface area contributed by atoms with Gasteiger partial charge in [0.1, 0.15) is 0 Å². The molecule has 0 aliphatic heterocycles. The van der Waals surface area contributed by atoms with Gasteiger partial charge in [0.2, 0.25) is 0 Å². The van der Waals surface area contributed by atoms with Crippen LogP contribution >= 0.6 is 0 Å². The van der Waals surface area contributed by atoms with E-state index in [0.717, 1.165) is 0 Å². The molecule has 0 saturated heterocycles. The molecule has 5 heteroatoms. The summed E-state index contributed by atoms with van der Waals surface area (Å²) < 4.78 is 4.43. The van der Waals surface area contributed by atoms with Gasteiger partial charge in [0.05, 0.1) is 18.6 Å². The van der Waals surface area contributed by atoms with E-state index in [2.05, 4.69) is 4.74 Å². The Morgan fingerprint density at radius 1 is 1.14 bits per heavy atom. The second-order valence-corrected chi connectivity index (χ2v) is 2.36. The van der Waals surface area contributed by atoms with E-state index in [9.17, 15) is 14.7 Å². The van der Waals surface area contributed by atoms with Gasteiger partial charge >= 0.3 is 22.7 Å². The molecule has 0 amide bonds. The van der Waals surface area contributed by atoms with Crippen LogP contribution in [0, 0.1) is 0 Å². The number of ether oxygens (including phenoxy) is 1. The molecule has 0 spiro atoms. The maximum absolute atomic E-state index is 10.9. The maximum Gasteiger partial charge on any atom is 2.00 e. The van der Waals surface area contributed by atoms with Gasteiger partial charge in [-0.25, -0.2) is 4.79 Å². The first-order valence-corrected chi connectivity index (χ1v) is 3.55. The largest absolute Gasteiger partial charge is 2.00 e. The second-order valence-electron chi connectivity index (χ2n) is 2.36. The fraction of sp³-hybridized carbons (Fsp3) is 0.111. The molecular formula is C9H7CoO4+. The molecule has 0 unspecified atom stereocenters. The topological polar surface area (TPSA) is 66.4 Å². The minimum atomic E-state index is -1.27. The molecule has 75 valence electrons. The zero-order valence-electron chi connectivity index (χ0n) is 7.28. The minimum Gasteiger partial charge on any atom is -0.545 e. The quantitative estimate of drug-likeness (QED) is 0.671. The number of rotatable bonds is 2.